The third-order valence-electron chi connectivity index (χ3n) is 0.183. The lowest BCUT2D eigenvalue weighted by atomic mass is 10.8. The number of aliphatic hydroxyl groups is 2. The molecule has 0 aromatic carbocycles. The molecular formula is C2H7BrO2S. The van der Waals surface area contributed by atoms with Crippen LogP contribution in [0.1, 0.15) is 0 Å². The first-order valence-corrected chi connectivity index (χ1v) is 1.99. The molecule has 0 spiro atoms. The minimum atomic E-state index is -1.20. The molecule has 40 valence electrons. The Labute approximate surface area is 52.4 Å². The Morgan fingerprint density at radius 3 is 1.67 bits per heavy atom. The molecule has 0 saturated heterocycles. The van der Waals surface area contributed by atoms with Gasteiger partial charge in [0.1, 0.15) is 0 Å². The Hall–Kier alpha value is 0.750. The molecule has 0 aliphatic rings. The molecule has 2 nitrogen and oxygen atoms in total. The molecule has 0 aromatic heterocycles. The molecule has 0 aliphatic heterocycles. The monoisotopic (exact) mass is 174 g/mol. The van der Waals surface area contributed by atoms with E-state index in [0.717, 1.165) is 0 Å². The normalized spacial score (nSPS) is 8.00. The molecule has 4 heteroatoms. The summed E-state index contributed by atoms with van der Waals surface area (Å²) in [6.45, 7) is 0. The van der Waals surface area contributed by atoms with Crippen LogP contribution in [0.25, 0.3) is 0 Å². The van der Waals surface area contributed by atoms with Crippen LogP contribution in [-0.2, 0) is 12.6 Å². The van der Waals surface area contributed by atoms with Crippen molar-refractivity contribution in [3.63, 3.8) is 0 Å². The summed E-state index contributed by atoms with van der Waals surface area (Å²) in [5, 5.41) is 15.7. The van der Waals surface area contributed by atoms with E-state index >= 15 is 0 Å². The standard InChI is InChI=1S/C2H6O2S.BrH/c3-2(4)1-5;/h2-5H,1H2;1H. The van der Waals surface area contributed by atoms with Gasteiger partial charge in [0, 0.05) is 0 Å². The maximum absolute atomic E-state index is 7.87. The van der Waals surface area contributed by atoms with Crippen LogP contribution in [-0.4, -0.2) is 22.3 Å². The lowest BCUT2D eigenvalue weighted by Crippen LogP contribution is -3.00. The van der Waals surface area contributed by atoms with Gasteiger partial charge in [-0.1, -0.05) is 0 Å². The van der Waals surface area contributed by atoms with Crippen molar-refractivity contribution >= 4 is 12.6 Å². The Bertz CT molecular complexity index is 25.5. The van der Waals surface area contributed by atoms with Crippen LogP contribution in [0.15, 0.2) is 0 Å². The highest BCUT2D eigenvalue weighted by atomic mass is 79.9. The van der Waals surface area contributed by atoms with Gasteiger partial charge in [-0.2, -0.15) is 0 Å². The molecule has 0 saturated carbocycles. The highest BCUT2D eigenvalue weighted by Crippen LogP contribution is 1.64. The van der Waals surface area contributed by atoms with Crippen LogP contribution in [0.4, 0.5) is 0 Å². The van der Waals surface area contributed by atoms with Crippen molar-refractivity contribution in [2.45, 2.75) is 6.29 Å². The maximum atomic E-state index is 7.87. The lowest BCUT2D eigenvalue weighted by Gasteiger charge is -1.84. The van der Waals surface area contributed by atoms with Crippen molar-refractivity contribution in [2.24, 2.45) is 0 Å². The predicted molar refractivity (Wildman–Crippen MR) is 23.2 cm³/mol. The van der Waals surface area contributed by atoms with Gasteiger partial charge in [0.15, 0.2) is 12.0 Å². The zero-order valence-electron chi connectivity index (χ0n) is 3.06. The largest absolute Gasteiger partial charge is 1.00 e. The maximum Gasteiger partial charge on any atom is 0.197 e. The molecule has 0 aromatic rings. The van der Waals surface area contributed by atoms with Gasteiger partial charge in [-0.25, -0.2) is 0 Å². The van der Waals surface area contributed by atoms with Gasteiger partial charge in [0.25, 0.3) is 0 Å². The van der Waals surface area contributed by atoms with Crippen LogP contribution in [0.3, 0.4) is 0 Å². The Kier molecular flexibility index (Phi) is 9.48. The molecule has 0 bridgehead atoms. The van der Waals surface area contributed by atoms with Crippen LogP contribution < -0.4 is 17.0 Å². The van der Waals surface area contributed by atoms with E-state index in [0.29, 0.717) is 0 Å². The molecule has 0 amide bonds. The van der Waals surface area contributed by atoms with Crippen LogP contribution in [0, 0.1) is 0 Å². The van der Waals surface area contributed by atoms with E-state index in [9.17, 15) is 0 Å². The van der Waals surface area contributed by atoms with E-state index < -0.39 is 6.29 Å². The van der Waals surface area contributed by atoms with Crippen LogP contribution in [0.5, 0.6) is 0 Å². The third kappa shape index (κ3) is 8.83. The Morgan fingerprint density at radius 1 is 1.50 bits per heavy atom. The second kappa shape index (κ2) is 5.75. The van der Waals surface area contributed by atoms with Crippen molar-refractivity contribution in [3.05, 3.63) is 0 Å². The summed E-state index contributed by atoms with van der Waals surface area (Å²) >= 11 is 2.85. The van der Waals surface area contributed by atoms with Gasteiger partial charge in [-0.15, -0.1) is 0 Å². The SMILES string of the molecule is OC(O)C[SH2+].[Br-]. The van der Waals surface area contributed by atoms with E-state index in [4.69, 9.17) is 10.2 Å². The molecule has 2 N–H and O–H groups in total. The van der Waals surface area contributed by atoms with Gasteiger partial charge in [0.2, 0.25) is 0 Å². The minimum Gasteiger partial charge on any atom is -1.00 e. The van der Waals surface area contributed by atoms with Gasteiger partial charge < -0.3 is 27.2 Å². The topological polar surface area (TPSA) is 40.5 Å². The summed E-state index contributed by atoms with van der Waals surface area (Å²) in [7, 11) is 0. The van der Waals surface area contributed by atoms with Gasteiger partial charge >= 0.3 is 0 Å². The fourth-order valence-corrected chi connectivity index (χ4v) is 0. The number of rotatable bonds is 1. The number of halogens is 1. The Morgan fingerprint density at radius 2 is 1.67 bits per heavy atom. The van der Waals surface area contributed by atoms with E-state index in [-0.39, 0.29) is 22.7 Å². The number of hydrogen-bond acceptors (Lipinski definition) is 2. The summed E-state index contributed by atoms with van der Waals surface area (Å²) in [5.74, 6) is 0.222. The molecular weight excluding hydrogens is 168 g/mol. The van der Waals surface area contributed by atoms with Gasteiger partial charge in [0.05, 0.1) is 0 Å². The summed E-state index contributed by atoms with van der Waals surface area (Å²) in [4.78, 5) is 0. The molecule has 6 heavy (non-hydrogen) atoms. The minimum absolute atomic E-state index is 0. The predicted octanol–water partition coefficient (Wildman–Crippen LogP) is -4.69. The molecule has 0 heterocycles. The summed E-state index contributed by atoms with van der Waals surface area (Å²) in [6.07, 6.45) is -1.20. The first-order valence-electron chi connectivity index (χ1n) is 1.28. The van der Waals surface area contributed by atoms with Crippen LogP contribution >= 0.6 is 0 Å². The summed E-state index contributed by atoms with van der Waals surface area (Å²) in [6, 6.07) is 0. The average Bonchev–Trinajstić information content (AvgIpc) is 1.38. The molecule has 0 unspecified atom stereocenters. The molecule has 0 fully saturated rings. The highest BCUT2D eigenvalue weighted by Gasteiger charge is 1.90. The van der Waals surface area contributed by atoms with Crippen molar-refractivity contribution in [1.82, 2.24) is 0 Å². The zero-order chi connectivity index (χ0) is 4.28. The second-order valence-corrected chi connectivity index (χ2v) is 1.09. The lowest BCUT2D eigenvalue weighted by molar-refractivity contribution is -0.0185. The third-order valence-corrected chi connectivity index (χ3v) is 0.548. The fraction of sp³-hybridized carbons (Fsp3) is 1.00. The summed E-state index contributed by atoms with van der Waals surface area (Å²) in [5.41, 5.74) is 0. The van der Waals surface area contributed by atoms with Gasteiger partial charge in [-0.05, 0) is 12.6 Å². The number of aliphatic hydroxyl groups excluding tert-OH is 1. The van der Waals surface area contributed by atoms with E-state index in [2.05, 4.69) is 12.6 Å². The number of hydrogen-bond donors (Lipinski definition) is 2. The average molecular weight is 175 g/mol. The van der Waals surface area contributed by atoms with E-state index in [1.54, 1.807) is 0 Å². The fourth-order valence-electron chi connectivity index (χ4n) is 0. The quantitative estimate of drug-likeness (QED) is 0.310. The molecule has 0 rings (SSSR count). The van der Waals surface area contributed by atoms with Gasteiger partial charge in [-0.3, -0.25) is 0 Å². The van der Waals surface area contributed by atoms with E-state index in [1.807, 2.05) is 0 Å². The Balaban J connectivity index is 0. The highest BCUT2D eigenvalue weighted by molar-refractivity contribution is 7.58. The first-order chi connectivity index (χ1) is 2.27. The summed E-state index contributed by atoms with van der Waals surface area (Å²) < 4.78 is 0. The van der Waals surface area contributed by atoms with Crippen molar-refractivity contribution in [2.75, 3.05) is 5.75 Å². The first kappa shape index (κ1) is 9.89. The zero-order valence-corrected chi connectivity index (χ0v) is 5.64. The molecule has 0 radical (unpaired) electrons. The second-order valence-electron chi connectivity index (χ2n) is 0.685. The van der Waals surface area contributed by atoms with Crippen molar-refractivity contribution in [3.8, 4) is 0 Å². The molecule has 0 aliphatic carbocycles. The molecule has 0 atom stereocenters. The van der Waals surface area contributed by atoms with Crippen molar-refractivity contribution in [1.29, 1.82) is 0 Å². The van der Waals surface area contributed by atoms with Crippen LogP contribution in [0.2, 0.25) is 0 Å². The van der Waals surface area contributed by atoms with E-state index in [1.165, 1.54) is 0 Å². The smallest absolute Gasteiger partial charge is 0.197 e. The van der Waals surface area contributed by atoms with Crippen molar-refractivity contribution < 1.29 is 27.2 Å².